The molecule has 0 N–H and O–H groups in total. The Morgan fingerprint density at radius 3 is 2.31 bits per heavy atom. The number of aromatic nitrogens is 3. The van der Waals surface area contributed by atoms with E-state index < -0.39 is 23.8 Å². The highest BCUT2D eigenvalue weighted by Gasteiger charge is 2.41. The number of alkyl halides is 6. The van der Waals surface area contributed by atoms with Crippen LogP contribution in [0.25, 0.3) is 5.82 Å². The summed E-state index contributed by atoms with van der Waals surface area (Å²) in [4.78, 5) is 5.91. The molecule has 0 radical (unpaired) electrons. The summed E-state index contributed by atoms with van der Waals surface area (Å²) in [6.45, 7) is 4.84. The quantitative estimate of drug-likeness (QED) is 0.639. The van der Waals surface area contributed by atoms with Crippen molar-refractivity contribution in [3.63, 3.8) is 0 Å². The maximum absolute atomic E-state index is 13.0. The molecule has 4 nitrogen and oxygen atoms in total. The van der Waals surface area contributed by atoms with Crippen LogP contribution in [0.15, 0.2) is 24.5 Å². The smallest absolute Gasteiger partial charge is 0.299 e. The van der Waals surface area contributed by atoms with Gasteiger partial charge in [0.05, 0.1) is 17.2 Å². The first-order valence-corrected chi connectivity index (χ1v) is 9.36. The van der Waals surface area contributed by atoms with Crippen LogP contribution in [0.4, 0.5) is 26.3 Å². The molecule has 0 aromatic carbocycles. The topological polar surface area (TPSA) is 34.0 Å². The molecule has 1 aliphatic heterocycles. The zero-order valence-electron chi connectivity index (χ0n) is 16.1. The van der Waals surface area contributed by atoms with Crippen LogP contribution in [0, 0.1) is 5.92 Å². The van der Waals surface area contributed by atoms with Crippen molar-refractivity contribution in [3.05, 3.63) is 41.3 Å². The number of rotatable bonds is 4. The fourth-order valence-electron chi connectivity index (χ4n) is 3.53. The second-order valence-electron chi connectivity index (χ2n) is 7.63. The molecule has 3 heterocycles. The maximum atomic E-state index is 13.0. The molecule has 29 heavy (non-hydrogen) atoms. The molecular formula is C19H22F6N4. The van der Waals surface area contributed by atoms with E-state index in [-0.39, 0.29) is 24.6 Å². The van der Waals surface area contributed by atoms with Gasteiger partial charge in [0.2, 0.25) is 0 Å². The Morgan fingerprint density at radius 2 is 1.76 bits per heavy atom. The van der Waals surface area contributed by atoms with Crippen molar-refractivity contribution in [2.75, 3.05) is 13.1 Å². The van der Waals surface area contributed by atoms with Gasteiger partial charge < -0.3 is 0 Å². The number of hydrogen-bond donors (Lipinski definition) is 0. The fourth-order valence-corrected chi connectivity index (χ4v) is 3.53. The van der Waals surface area contributed by atoms with Crippen molar-refractivity contribution in [1.82, 2.24) is 19.7 Å². The lowest BCUT2D eigenvalue weighted by Gasteiger charge is -2.32. The monoisotopic (exact) mass is 420 g/mol. The predicted octanol–water partition coefficient (Wildman–Crippen LogP) is 5.18. The molecule has 0 unspecified atom stereocenters. The van der Waals surface area contributed by atoms with Gasteiger partial charge in [-0.3, -0.25) is 4.90 Å². The van der Waals surface area contributed by atoms with Crippen molar-refractivity contribution in [1.29, 1.82) is 0 Å². The molecule has 1 fully saturated rings. The Labute approximate surface area is 164 Å². The summed E-state index contributed by atoms with van der Waals surface area (Å²) in [5, 5.41) is 4.40. The second-order valence-corrected chi connectivity index (χ2v) is 7.63. The average molecular weight is 420 g/mol. The Morgan fingerprint density at radius 1 is 1.10 bits per heavy atom. The first kappa shape index (κ1) is 21.6. The zero-order chi connectivity index (χ0) is 21.4. The lowest BCUT2D eigenvalue weighted by Crippen LogP contribution is -2.38. The van der Waals surface area contributed by atoms with Crippen molar-refractivity contribution in [3.8, 4) is 5.82 Å². The van der Waals surface area contributed by atoms with Gasteiger partial charge in [-0.1, -0.05) is 13.8 Å². The molecule has 1 aliphatic rings. The van der Waals surface area contributed by atoms with Crippen LogP contribution >= 0.6 is 0 Å². The molecule has 0 atom stereocenters. The Bertz CT molecular complexity index is 832. The first-order chi connectivity index (χ1) is 13.4. The van der Waals surface area contributed by atoms with E-state index >= 15 is 0 Å². The average Bonchev–Trinajstić information content (AvgIpc) is 3.05. The Hall–Kier alpha value is -2.10. The summed E-state index contributed by atoms with van der Waals surface area (Å²) in [6.07, 6.45) is -5.87. The highest BCUT2D eigenvalue weighted by atomic mass is 19.4. The SMILES string of the molecule is CC(C)c1nn(-c2cc(C(F)(F)F)ccn2)cc1CN1CCC(C(F)(F)F)CC1. The van der Waals surface area contributed by atoms with Gasteiger partial charge in [-0.25, -0.2) is 9.67 Å². The Balaban J connectivity index is 1.80. The molecule has 160 valence electrons. The minimum Gasteiger partial charge on any atom is -0.299 e. The predicted molar refractivity (Wildman–Crippen MR) is 94.5 cm³/mol. The van der Waals surface area contributed by atoms with Crippen LogP contribution in [0.2, 0.25) is 0 Å². The summed E-state index contributed by atoms with van der Waals surface area (Å²) in [6, 6.07) is 1.82. The van der Waals surface area contributed by atoms with Gasteiger partial charge in [0.15, 0.2) is 5.82 Å². The molecule has 2 aromatic heterocycles. The van der Waals surface area contributed by atoms with Crippen LogP contribution in [0.5, 0.6) is 0 Å². The molecular weight excluding hydrogens is 398 g/mol. The number of halogens is 6. The van der Waals surface area contributed by atoms with E-state index in [1.165, 1.54) is 4.68 Å². The minimum absolute atomic E-state index is 0.00441. The van der Waals surface area contributed by atoms with E-state index in [1.807, 2.05) is 18.7 Å². The van der Waals surface area contributed by atoms with E-state index in [0.29, 0.717) is 25.3 Å². The largest absolute Gasteiger partial charge is 0.416 e. The van der Waals surface area contributed by atoms with Gasteiger partial charge in [-0.15, -0.1) is 0 Å². The number of pyridine rings is 1. The maximum Gasteiger partial charge on any atom is 0.416 e. The molecule has 3 rings (SSSR count). The van der Waals surface area contributed by atoms with Crippen molar-refractivity contribution in [2.24, 2.45) is 5.92 Å². The summed E-state index contributed by atoms with van der Waals surface area (Å²) >= 11 is 0. The fraction of sp³-hybridized carbons (Fsp3) is 0.579. The Kier molecular flexibility index (Phi) is 5.93. The third-order valence-corrected chi connectivity index (χ3v) is 5.12. The highest BCUT2D eigenvalue weighted by molar-refractivity contribution is 5.32. The molecule has 0 saturated carbocycles. The van der Waals surface area contributed by atoms with Crippen LogP contribution in [0.1, 0.15) is 49.4 Å². The summed E-state index contributed by atoms with van der Waals surface area (Å²) in [5.74, 6) is -1.23. The zero-order valence-corrected chi connectivity index (χ0v) is 16.1. The lowest BCUT2D eigenvalue weighted by atomic mass is 9.95. The van der Waals surface area contributed by atoms with Gasteiger partial charge in [0.25, 0.3) is 0 Å². The van der Waals surface area contributed by atoms with Crippen LogP contribution in [0.3, 0.4) is 0 Å². The van der Waals surface area contributed by atoms with Gasteiger partial charge >= 0.3 is 12.4 Å². The number of piperidine rings is 1. The van der Waals surface area contributed by atoms with E-state index in [0.717, 1.165) is 23.9 Å². The van der Waals surface area contributed by atoms with Crippen LogP contribution in [-0.4, -0.2) is 38.9 Å². The van der Waals surface area contributed by atoms with Gasteiger partial charge in [0, 0.05) is 24.5 Å². The van der Waals surface area contributed by atoms with Crippen molar-refractivity contribution < 1.29 is 26.3 Å². The second kappa shape index (κ2) is 7.97. The molecule has 0 aliphatic carbocycles. The van der Waals surface area contributed by atoms with Crippen LogP contribution in [-0.2, 0) is 12.7 Å². The molecule has 0 bridgehead atoms. The third-order valence-electron chi connectivity index (χ3n) is 5.12. The first-order valence-electron chi connectivity index (χ1n) is 9.36. The van der Waals surface area contributed by atoms with Crippen molar-refractivity contribution >= 4 is 0 Å². The lowest BCUT2D eigenvalue weighted by molar-refractivity contribution is -0.185. The van der Waals surface area contributed by atoms with Gasteiger partial charge in [0.1, 0.15) is 0 Å². The molecule has 10 heteroatoms. The normalized spacial score (nSPS) is 17.3. The number of hydrogen-bond acceptors (Lipinski definition) is 3. The molecule has 0 spiro atoms. The summed E-state index contributed by atoms with van der Waals surface area (Å²) in [5.41, 5.74) is 0.659. The van der Waals surface area contributed by atoms with E-state index in [1.54, 1.807) is 6.20 Å². The van der Waals surface area contributed by atoms with E-state index in [9.17, 15) is 26.3 Å². The summed E-state index contributed by atoms with van der Waals surface area (Å²) in [7, 11) is 0. The van der Waals surface area contributed by atoms with Crippen molar-refractivity contribution in [2.45, 2.75) is 51.5 Å². The highest BCUT2D eigenvalue weighted by Crippen LogP contribution is 2.35. The minimum atomic E-state index is -4.49. The van der Waals surface area contributed by atoms with E-state index in [2.05, 4.69) is 10.1 Å². The number of likely N-dealkylation sites (tertiary alicyclic amines) is 1. The van der Waals surface area contributed by atoms with Gasteiger partial charge in [-0.05, 0) is 44.0 Å². The van der Waals surface area contributed by atoms with Crippen LogP contribution < -0.4 is 0 Å². The standard InChI is InChI=1S/C19H22F6N4/c1-12(2)17-13(10-28-7-4-14(5-8-28)18(20,21)22)11-29(27-17)16-9-15(3-6-26-16)19(23,24)25/h3,6,9,11-12,14H,4-5,7-8,10H2,1-2H3. The summed E-state index contributed by atoms with van der Waals surface area (Å²) < 4.78 is 78.8. The van der Waals surface area contributed by atoms with E-state index in [4.69, 9.17) is 0 Å². The molecule has 2 aromatic rings. The van der Waals surface area contributed by atoms with Gasteiger partial charge in [-0.2, -0.15) is 31.4 Å². The number of nitrogens with zero attached hydrogens (tertiary/aromatic N) is 4. The molecule has 0 amide bonds. The molecule has 1 saturated heterocycles. The third kappa shape index (κ3) is 5.09.